The van der Waals surface area contributed by atoms with Crippen molar-refractivity contribution < 1.29 is 22.6 Å². The first-order valence-corrected chi connectivity index (χ1v) is 6.64. The summed E-state index contributed by atoms with van der Waals surface area (Å²) in [6, 6.07) is 10.0. The number of nitrogens with two attached hydrogens (primary N) is 1. The number of nitrogens with zero attached hydrogens (tertiary/aromatic N) is 1. The first-order chi connectivity index (χ1) is 10.9. The largest absolute Gasteiger partial charge is 0.493 e. The second-order valence-corrected chi connectivity index (χ2v) is 4.68. The normalized spacial score (nSPS) is 11.7. The molecule has 0 saturated heterocycles. The summed E-state index contributed by atoms with van der Waals surface area (Å²) in [5.74, 6) is 5.93. The van der Waals surface area contributed by atoms with E-state index >= 15 is 0 Å². The van der Waals surface area contributed by atoms with E-state index in [1.165, 1.54) is 19.4 Å². The zero-order valence-electron chi connectivity index (χ0n) is 12.3. The number of hydrazone groups is 1. The van der Waals surface area contributed by atoms with Crippen LogP contribution < -0.4 is 15.3 Å². The fourth-order valence-electron chi connectivity index (χ4n) is 1.97. The first kappa shape index (κ1) is 16.7. The summed E-state index contributed by atoms with van der Waals surface area (Å²) in [5.41, 5.74) is 0.422. The lowest BCUT2D eigenvalue weighted by Gasteiger charge is -2.12. The predicted molar refractivity (Wildman–Crippen MR) is 80.6 cm³/mol. The first-order valence-electron chi connectivity index (χ1n) is 6.64. The number of benzene rings is 2. The van der Waals surface area contributed by atoms with Crippen LogP contribution in [0.4, 0.5) is 13.2 Å². The molecule has 0 fully saturated rings. The van der Waals surface area contributed by atoms with Crippen molar-refractivity contribution in [2.45, 2.75) is 12.8 Å². The van der Waals surface area contributed by atoms with E-state index in [2.05, 4.69) is 5.10 Å². The predicted octanol–water partition coefficient (Wildman–Crippen LogP) is 3.59. The molecule has 0 aliphatic heterocycles. The maximum Gasteiger partial charge on any atom is 0.416 e. The monoisotopic (exact) mass is 324 g/mol. The number of hydrogen-bond acceptors (Lipinski definition) is 4. The lowest BCUT2D eigenvalue weighted by Crippen LogP contribution is -2.06. The van der Waals surface area contributed by atoms with Crippen LogP contribution in [0.5, 0.6) is 11.5 Å². The summed E-state index contributed by atoms with van der Waals surface area (Å²) in [6.07, 6.45) is -2.93. The third-order valence-corrected chi connectivity index (χ3v) is 3.06. The Balaban J connectivity index is 2.15. The smallest absolute Gasteiger partial charge is 0.416 e. The maximum absolute atomic E-state index is 12.7. The third-order valence-electron chi connectivity index (χ3n) is 3.06. The number of alkyl halides is 3. The van der Waals surface area contributed by atoms with Crippen LogP contribution in [0.25, 0.3) is 0 Å². The molecule has 2 aromatic rings. The van der Waals surface area contributed by atoms with Crippen LogP contribution >= 0.6 is 0 Å². The lowest BCUT2D eigenvalue weighted by molar-refractivity contribution is -0.137. The third kappa shape index (κ3) is 4.38. The molecule has 0 spiro atoms. The van der Waals surface area contributed by atoms with Gasteiger partial charge in [-0.25, -0.2) is 0 Å². The van der Waals surface area contributed by atoms with Crippen LogP contribution in [0.1, 0.15) is 16.7 Å². The number of ether oxygens (including phenoxy) is 2. The van der Waals surface area contributed by atoms with Gasteiger partial charge in [0.1, 0.15) is 6.61 Å². The van der Waals surface area contributed by atoms with Crippen LogP contribution in [0.15, 0.2) is 47.6 Å². The Kier molecular flexibility index (Phi) is 5.10. The van der Waals surface area contributed by atoms with E-state index in [-0.39, 0.29) is 6.61 Å². The van der Waals surface area contributed by atoms with Gasteiger partial charge in [-0.15, -0.1) is 0 Å². The van der Waals surface area contributed by atoms with Gasteiger partial charge in [0.15, 0.2) is 11.5 Å². The van der Waals surface area contributed by atoms with Crippen molar-refractivity contribution in [2.24, 2.45) is 10.9 Å². The molecule has 23 heavy (non-hydrogen) atoms. The van der Waals surface area contributed by atoms with Gasteiger partial charge in [0, 0.05) is 0 Å². The van der Waals surface area contributed by atoms with Crippen LogP contribution in [0.3, 0.4) is 0 Å². The Labute approximate surface area is 131 Å². The topological polar surface area (TPSA) is 56.8 Å². The van der Waals surface area contributed by atoms with Gasteiger partial charge in [-0.05, 0) is 41.5 Å². The molecule has 2 rings (SSSR count). The van der Waals surface area contributed by atoms with E-state index in [0.29, 0.717) is 17.1 Å². The minimum Gasteiger partial charge on any atom is -0.493 e. The molecule has 2 aromatic carbocycles. The van der Waals surface area contributed by atoms with Crippen molar-refractivity contribution in [3.63, 3.8) is 0 Å². The van der Waals surface area contributed by atoms with E-state index in [4.69, 9.17) is 15.3 Å². The van der Waals surface area contributed by atoms with Crippen LogP contribution in [0, 0.1) is 0 Å². The van der Waals surface area contributed by atoms with Gasteiger partial charge < -0.3 is 15.3 Å². The van der Waals surface area contributed by atoms with Crippen molar-refractivity contribution in [3.8, 4) is 11.5 Å². The van der Waals surface area contributed by atoms with Gasteiger partial charge in [0.25, 0.3) is 0 Å². The van der Waals surface area contributed by atoms with Crippen molar-refractivity contribution in [1.29, 1.82) is 0 Å². The molecule has 0 heterocycles. The fraction of sp³-hybridized carbons (Fsp3) is 0.188. The van der Waals surface area contributed by atoms with E-state index < -0.39 is 11.7 Å². The highest BCUT2D eigenvalue weighted by Crippen LogP contribution is 2.31. The second kappa shape index (κ2) is 7.04. The summed E-state index contributed by atoms with van der Waals surface area (Å²) < 4.78 is 48.8. The van der Waals surface area contributed by atoms with Crippen molar-refractivity contribution in [3.05, 3.63) is 59.2 Å². The number of methoxy groups -OCH3 is 1. The van der Waals surface area contributed by atoms with Crippen LogP contribution in [-0.4, -0.2) is 13.3 Å². The van der Waals surface area contributed by atoms with E-state index in [1.54, 1.807) is 24.3 Å². The van der Waals surface area contributed by atoms with E-state index in [9.17, 15) is 13.2 Å². The molecule has 0 aromatic heterocycles. The van der Waals surface area contributed by atoms with Gasteiger partial charge in [0.05, 0.1) is 18.9 Å². The van der Waals surface area contributed by atoms with Gasteiger partial charge in [0.2, 0.25) is 0 Å². The van der Waals surface area contributed by atoms with E-state index in [0.717, 1.165) is 17.7 Å². The average Bonchev–Trinajstić information content (AvgIpc) is 2.53. The highest BCUT2D eigenvalue weighted by molar-refractivity contribution is 5.80. The minimum atomic E-state index is -4.38. The quantitative estimate of drug-likeness (QED) is 0.519. The molecular weight excluding hydrogens is 309 g/mol. The standard InChI is InChI=1S/C16H15F3N2O2/c1-22-15-8-11(9-21-20)5-6-14(15)23-10-12-3-2-4-13(7-12)16(17,18)19/h2-9H,10,20H2,1H3. The number of hydrogen-bond donors (Lipinski definition) is 1. The van der Waals surface area contributed by atoms with Gasteiger partial charge in [-0.3, -0.25) is 0 Å². The molecular formula is C16H15F3N2O2. The molecule has 0 unspecified atom stereocenters. The highest BCUT2D eigenvalue weighted by atomic mass is 19.4. The maximum atomic E-state index is 12.7. The van der Waals surface area contributed by atoms with Crippen LogP contribution in [0.2, 0.25) is 0 Å². The zero-order valence-corrected chi connectivity index (χ0v) is 12.3. The number of rotatable bonds is 5. The summed E-state index contributed by atoms with van der Waals surface area (Å²) in [4.78, 5) is 0. The molecule has 0 atom stereocenters. The SMILES string of the molecule is COc1cc(C=NN)ccc1OCc1cccc(C(F)(F)F)c1. The molecule has 4 nitrogen and oxygen atoms in total. The van der Waals surface area contributed by atoms with Crippen molar-refractivity contribution in [2.75, 3.05) is 7.11 Å². The molecule has 0 saturated carbocycles. The molecule has 7 heteroatoms. The Hall–Kier alpha value is -2.70. The Morgan fingerprint density at radius 3 is 2.57 bits per heavy atom. The Bertz CT molecular complexity index is 700. The molecule has 0 aliphatic carbocycles. The van der Waals surface area contributed by atoms with Crippen molar-refractivity contribution >= 4 is 6.21 Å². The summed E-state index contributed by atoms with van der Waals surface area (Å²) in [6.45, 7) is -0.00932. The van der Waals surface area contributed by atoms with Gasteiger partial charge in [-0.1, -0.05) is 12.1 Å². The van der Waals surface area contributed by atoms with Crippen molar-refractivity contribution in [1.82, 2.24) is 0 Å². The fourth-order valence-corrected chi connectivity index (χ4v) is 1.97. The molecule has 0 bridgehead atoms. The number of halogens is 3. The van der Waals surface area contributed by atoms with Gasteiger partial charge in [-0.2, -0.15) is 18.3 Å². The minimum absolute atomic E-state index is 0.00932. The van der Waals surface area contributed by atoms with Gasteiger partial charge >= 0.3 is 6.18 Å². The highest BCUT2D eigenvalue weighted by Gasteiger charge is 2.30. The molecule has 0 aliphatic rings. The molecule has 2 N–H and O–H groups in total. The van der Waals surface area contributed by atoms with E-state index in [1.807, 2.05) is 0 Å². The average molecular weight is 324 g/mol. The molecule has 0 amide bonds. The summed E-state index contributed by atoms with van der Waals surface area (Å²) in [5, 5.41) is 3.41. The summed E-state index contributed by atoms with van der Waals surface area (Å²) in [7, 11) is 1.47. The molecule has 122 valence electrons. The Morgan fingerprint density at radius 2 is 1.91 bits per heavy atom. The lowest BCUT2D eigenvalue weighted by atomic mass is 10.1. The second-order valence-electron chi connectivity index (χ2n) is 4.68. The zero-order chi connectivity index (χ0) is 16.9. The summed E-state index contributed by atoms with van der Waals surface area (Å²) >= 11 is 0. The van der Waals surface area contributed by atoms with Crippen LogP contribution in [-0.2, 0) is 12.8 Å². The Morgan fingerprint density at radius 1 is 1.13 bits per heavy atom. The molecule has 0 radical (unpaired) electrons.